The standard InChI is InChI=1S/C27H25N3O4/c1-18-6-4-9-22(16-18)34-21-13-11-20(12-14-21)28-24(31)17-30-25(32)27(29-26(30)33)15-5-8-19-7-2-3-10-23(19)27/h2-4,6-7,9-14,16H,5,8,15,17H2,1H3,(H,28,31)(H,29,33)/t27-/m0/s1. The maximum absolute atomic E-state index is 13.3. The van der Waals surface area contributed by atoms with Crippen LogP contribution in [0.4, 0.5) is 10.5 Å². The van der Waals surface area contributed by atoms with E-state index in [2.05, 4.69) is 10.6 Å². The van der Waals surface area contributed by atoms with Crippen molar-refractivity contribution in [2.75, 3.05) is 11.9 Å². The monoisotopic (exact) mass is 455 g/mol. The lowest BCUT2D eigenvalue weighted by Crippen LogP contribution is -2.47. The van der Waals surface area contributed by atoms with Crippen LogP contribution < -0.4 is 15.4 Å². The molecule has 0 saturated carbocycles. The van der Waals surface area contributed by atoms with Crippen LogP contribution in [-0.2, 0) is 21.5 Å². The summed E-state index contributed by atoms with van der Waals surface area (Å²) in [5.41, 5.74) is 2.45. The van der Waals surface area contributed by atoms with Crippen molar-refractivity contribution < 1.29 is 19.1 Å². The van der Waals surface area contributed by atoms with Crippen molar-refractivity contribution in [1.29, 1.82) is 0 Å². The number of nitrogens with zero attached hydrogens (tertiary/aromatic N) is 1. The zero-order valence-corrected chi connectivity index (χ0v) is 18.8. The normalized spacial score (nSPS) is 19.0. The highest BCUT2D eigenvalue weighted by Crippen LogP contribution is 2.39. The minimum atomic E-state index is -1.08. The number of fused-ring (bicyclic) bond motifs is 2. The summed E-state index contributed by atoms with van der Waals surface area (Å²) < 4.78 is 5.83. The topological polar surface area (TPSA) is 87.7 Å². The van der Waals surface area contributed by atoms with E-state index in [0.29, 0.717) is 17.9 Å². The number of rotatable bonds is 5. The third-order valence-electron chi connectivity index (χ3n) is 6.32. The van der Waals surface area contributed by atoms with Gasteiger partial charge in [-0.3, -0.25) is 14.5 Å². The predicted molar refractivity (Wildman–Crippen MR) is 128 cm³/mol. The first-order valence-electron chi connectivity index (χ1n) is 11.3. The lowest BCUT2D eigenvalue weighted by atomic mass is 9.76. The second-order valence-corrected chi connectivity index (χ2v) is 8.73. The molecule has 7 heteroatoms. The molecule has 0 bridgehead atoms. The molecule has 1 heterocycles. The van der Waals surface area contributed by atoms with Crippen molar-refractivity contribution in [3.63, 3.8) is 0 Å². The number of carbonyl (C=O) groups is 3. The van der Waals surface area contributed by atoms with Gasteiger partial charge in [0.2, 0.25) is 5.91 Å². The van der Waals surface area contributed by atoms with E-state index in [1.165, 1.54) is 0 Å². The molecule has 0 unspecified atom stereocenters. The van der Waals surface area contributed by atoms with Crippen molar-refractivity contribution in [3.8, 4) is 11.5 Å². The molecule has 1 saturated heterocycles. The Kier molecular flexibility index (Phi) is 5.53. The number of nitrogens with one attached hydrogen (secondary N) is 2. The zero-order chi connectivity index (χ0) is 23.7. The summed E-state index contributed by atoms with van der Waals surface area (Å²) in [7, 11) is 0. The molecule has 1 aliphatic carbocycles. The number of anilines is 1. The van der Waals surface area contributed by atoms with Crippen molar-refractivity contribution in [2.45, 2.75) is 31.7 Å². The molecular formula is C27H25N3O4. The summed E-state index contributed by atoms with van der Waals surface area (Å²) in [6, 6.07) is 21.8. The second-order valence-electron chi connectivity index (χ2n) is 8.73. The lowest BCUT2D eigenvalue weighted by molar-refractivity contribution is -0.134. The fraction of sp³-hybridized carbons (Fsp3) is 0.222. The van der Waals surface area contributed by atoms with Gasteiger partial charge in [-0.25, -0.2) is 4.79 Å². The van der Waals surface area contributed by atoms with E-state index in [1.807, 2.05) is 55.5 Å². The maximum Gasteiger partial charge on any atom is 0.325 e. The molecule has 0 aromatic heterocycles. The largest absolute Gasteiger partial charge is 0.457 e. The molecule has 3 aromatic rings. The number of carbonyl (C=O) groups excluding carboxylic acids is 3. The van der Waals surface area contributed by atoms with E-state index in [0.717, 1.165) is 40.2 Å². The van der Waals surface area contributed by atoms with Crippen molar-refractivity contribution in [1.82, 2.24) is 10.2 Å². The SMILES string of the molecule is Cc1cccc(Oc2ccc(NC(=O)CN3C(=O)N[C@]4(CCCc5ccccc54)C3=O)cc2)c1. The van der Waals surface area contributed by atoms with E-state index in [9.17, 15) is 14.4 Å². The molecule has 0 radical (unpaired) electrons. The quantitative estimate of drug-likeness (QED) is 0.554. The Labute approximate surface area is 197 Å². The van der Waals surface area contributed by atoms with Crippen LogP contribution in [-0.4, -0.2) is 29.3 Å². The summed E-state index contributed by atoms with van der Waals surface area (Å²) in [5.74, 6) is 0.544. The fourth-order valence-corrected chi connectivity index (χ4v) is 4.72. The number of imide groups is 1. The molecule has 5 rings (SSSR count). The van der Waals surface area contributed by atoms with Gasteiger partial charge in [-0.2, -0.15) is 0 Å². The summed E-state index contributed by atoms with van der Waals surface area (Å²) >= 11 is 0. The Balaban J connectivity index is 1.25. The Morgan fingerprint density at radius 1 is 1.03 bits per heavy atom. The van der Waals surface area contributed by atoms with Crippen LogP contribution in [0, 0.1) is 6.92 Å². The van der Waals surface area contributed by atoms with E-state index in [4.69, 9.17) is 4.74 Å². The Bertz CT molecular complexity index is 1270. The number of hydrogen-bond donors (Lipinski definition) is 2. The number of urea groups is 1. The number of hydrogen-bond acceptors (Lipinski definition) is 4. The second kappa shape index (κ2) is 8.67. The number of ether oxygens (including phenoxy) is 1. The van der Waals surface area contributed by atoms with Gasteiger partial charge in [0.15, 0.2) is 0 Å². The molecule has 1 fully saturated rings. The van der Waals surface area contributed by atoms with Gasteiger partial charge in [-0.15, -0.1) is 0 Å². The van der Waals surface area contributed by atoms with E-state index in [-0.39, 0.29) is 12.5 Å². The van der Waals surface area contributed by atoms with Crippen molar-refractivity contribution in [2.24, 2.45) is 0 Å². The molecule has 1 spiro atoms. The van der Waals surface area contributed by atoms with E-state index < -0.39 is 17.5 Å². The highest BCUT2D eigenvalue weighted by molar-refractivity contribution is 6.10. The van der Waals surface area contributed by atoms with Gasteiger partial charge in [0.1, 0.15) is 23.6 Å². The molecule has 34 heavy (non-hydrogen) atoms. The summed E-state index contributed by atoms with van der Waals surface area (Å²) in [6.07, 6.45) is 2.18. The smallest absolute Gasteiger partial charge is 0.325 e. The third kappa shape index (κ3) is 4.01. The maximum atomic E-state index is 13.3. The van der Waals surface area contributed by atoms with Gasteiger partial charge < -0.3 is 15.4 Å². The van der Waals surface area contributed by atoms with Gasteiger partial charge in [0.25, 0.3) is 5.91 Å². The first-order valence-corrected chi connectivity index (χ1v) is 11.3. The van der Waals surface area contributed by atoms with Crippen molar-refractivity contribution in [3.05, 3.63) is 89.5 Å². The van der Waals surface area contributed by atoms with Crippen LogP contribution >= 0.6 is 0 Å². The van der Waals surface area contributed by atoms with Gasteiger partial charge in [-0.05, 0) is 79.3 Å². The van der Waals surface area contributed by atoms with Gasteiger partial charge in [-0.1, -0.05) is 36.4 Å². The number of benzene rings is 3. The predicted octanol–water partition coefficient (Wildman–Crippen LogP) is 4.51. The van der Waals surface area contributed by atoms with Crippen LogP contribution in [0.1, 0.15) is 29.5 Å². The van der Waals surface area contributed by atoms with Gasteiger partial charge in [0.05, 0.1) is 0 Å². The summed E-state index contributed by atoms with van der Waals surface area (Å²) in [4.78, 5) is 39.7. The average molecular weight is 456 g/mol. The number of aryl methyl sites for hydroxylation is 2. The molecule has 1 atom stereocenters. The van der Waals surface area contributed by atoms with E-state index >= 15 is 0 Å². The van der Waals surface area contributed by atoms with Gasteiger partial charge in [0, 0.05) is 5.69 Å². The summed E-state index contributed by atoms with van der Waals surface area (Å²) in [6.45, 7) is 1.64. The minimum absolute atomic E-state index is 0.351. The molecule has 2 N–H and O–H groups in total. The third-order valence-corrected chi connectivity index (χ3v) is 6.32. The highest BCUT2D eigenvalue weighted by atomic mass is 16.5. The minimum Gasteiger partial charge on any atom is -0.457 e. The first-order chi connectivity index (χ1) is 16.4. The molecule has 7 nitrogen and oxygen atoms in total. The Morgan fingerprint density at radius 2 is 1.82 bits per heavy atom. The summed E-state index contributed by atoms with van der Waals surface area (Å²) in [5, 5.41) is 5.62. The van der Waals surface area contributed by atoms with Crippen LogP contribution in [0.25, 0.3) is 0 Å². The van der Waals surface area contributed by atoms with Crippen LogP contribution in [0.2, 0.25) is 0 Å². The number of amides is 4. The zero-order valence-electron chi connectivity index (χ0n) is 18.8. The molecule has 3 aromatic carbocycles. The van der Waals surface area contributed by atoms with Crippen molar-refractivity contribution >= 4 is 23.5 Å². The molecule has 2 aliphatic rings. The molecule has 1 aliphatic heterocycles. The molecule has 4 amide bonds. The van der Waals surface area contributed by atoms with E-state index in [1.54, 1.807) is 24.3 Å². The molecular weight excluding hydrogens is 430 g/mol. The Hall–Kier alpha value is -4.13. The highest BCUT2D eigenvalue weighted by Gasteiger charge is 2.54. The lowest BCUT2D eigenvalue weighted by Gasteiger charge is -2.33. The van der Waals surface area contributed by atoms with Gasteiger partial charge >= 0.3 is 6.03 Å². The molecule has 172 valence electrons. The van der Waals surface area contributed by atoms with Crippen LogP contribution in [0.3, 0.4) is 0 Å². The van der Waals surface area contributed by atoms with Crippen LogP contribution in [0.15, 0.2) is 72.8 Å². The fourth-order valence-electron chi connectivity index (χ4n) is 4.72. The van der Waals surface area contributed by atoms with Crippen LogP contribution in [0.5, 0.6) is 11.5 Å². The Morgan fingerprint density at radius 3 is 2.62 bits per heavy atom. The average Bonchev–Trinajstić information content (AvgIpc) is 3.05. The first kappa shape index (κ1) is 21.7.